The van der Waals surface area contributed by atoms with E-state index in [4.69, 9.17) is 11.6 Å². The van der Waals surface area contributed by atoms with Gasteiger partial charge in [-0.1, -0.05) is 41.9 Å². The van der Waals surface area contributed by atoms with Crippen molar-refractivity contribution in [1.82, 2.24) is 15.1 Å². The molecule has 0 radical (unpaired) electrons. The maximum Gasteiger partial charge on any atom is 0.220 e. The number of hydrogen-bond acceptors (Lipinski definition) is 2. The molecule has 1 N–H and O–H groups in total. The molecule has 0 spiro atoms. The minimum atomic E-state index is 0.0209. The fourth-order valence-corrected chi connectivity index (χ4v) is 3.08. The maximum absolute atomic E-state index is 12.1. The molecule has 3 rings (SSSR count). The molecular weight excluding hydrogens is 346 g/mol. The number of nitrogens with one attached hydrogen (secondary N) is 1. The first-order valence-corrected chi connectivity index (χ1v) is 9.03. The Hall–Kier alpha value is -2.59. The second-order valence-electron chi connectivity index (χ2n) is 6.37. The van der Waals surface area contributed by atoms with Gasteiger partial charge in [0.05, 0.1) is 11.4 Å². The molecule has 1 heterocycles. The molecule has 0 aliphatic carbocycles. The van der Waals surface area contributed by atoms with Gasteiger partial charge in [-0.05, 0) is 55.7 Å². The Morgan fingerprint density at radius 1 is 1.12 bits per heavy atom. The lowest BCUT2D eigenvalue weighted by atomic mass is 10.1. The first-order chi connectivity index (χ1) is 12.5. The van der Waals surface area contributed by atoms with Crippen LogP contribution in [0.5, 0.6) is 0 Å². The number of carbonyl (C=O) groups excluding carboxylic acids is 1. The molecule has 4 nitrogen and oxygen atoms in total. The molecule has 134 valence electrons. The Bertz CT molecular complexity index is 900. The van der Waals surface area contributed by atoms with Crippen molar-refractivity contribution < 1.29 is 4.79 Å². The molecule has 0 fully saturated rings. The number of nitrogens with zero attached hydrogens (tertiary/aromatic N) is 2. The van der Waals surface area contributed by atoms with E-state index in [0.29, 0.717) is 24.4 Å². The fraction of sp³-hybridized carbons (Fsp3) is 0.238. The van der Waals surface area contributed by atoms with Crippen molar-refractivity contribution in [3.05, 3.63) is 82.1 Å². The predicted octanol–water partition coefficient (Wildman–Crippen LogP) is 4.39. The summed E-state index contributed by atoms with van der Waals surface area (Å²) in [5.41, 5.74) is 5.19. The number of benzene rings is 2. The highest BCUT2D eigenvalue weighted by molar-refractivity contribution is 6.31. The van der Waals surface area contributed by atoms with Gasteiger partial charge in [0, 0.05) is 23.7 Å². The Balaban J connectivity index is 1.52. The SMILES string of the molecule is Cc1cc(C)n(-c2ccc(CCC(=O)NCc3ccccc3Cl)cc2)n1. The van der Waals surface area contributed by atoms with Crippen molar-refractivity contribution in [2.45, 2.75) is 33.2 Å². The first kappa shape index (κ1) is 18.2. The molecule has 0 aliphatic heterocycles. The summed E-state index contributed by atoms with van der Waals surface area (Å²) in [5, 5.41) is 8.08. The Labute approximate surface area is 158 Å². The van der Waals surface area contributed by atoms with Crippen molar-refractivity contribution in [2.24, 2.45) is 0 Å². The van der Waals surface area contributed by atoms with Gasteiger partial charge in [0.15, 0.2) is 0 Å². The van der Waals surface area contributed by atoms with E-state index < -0.39 is 0 Å². The molecule has 0 bridgehead atoms. The number of hydrogen-bond donors (Lipinski definition) is 1. The van der Waals surface area contributed by atoms with Gasteiger partial charge >= 0.3 is 0 Å². The van der Waals surface area contributed by atoms with Gasteiger partial charge in [0.1, 0.15) is 0 Å². The summed E-state index contributed by atoms with van der Waals surface area (Å²) in [5.74, 6) is 0.0209. The van der Waals surface area contributed by atoms with Crippen molar-refractivity contribution >= 4 is 17.5 Å². The summed E-state index contributed by atoms with van der Waals surface area (Å²) >= 11 is 6.10. The normalized spacial score (nSPS) is 10.7. The molecule has 0 aliphatic rings. The van der Waals surface area contributed by atoms with Gasteiger partial charge in [-0.25, -0.2) is 4.68 Å². The highest BCUT2D eigenvalue weighted by Crippen LogP contribution is 2.15. The van der Waals surface area contributed by atoms with Crippen LogP contribution in [-0.2, 0) is 17.8 Å². The van der Waals surface area contributed by atoms with E-state index in [2.05, 4.69) is 16.5 Å². The van der Waals surface area contributed by atoms with E-state index in [9.17, 15) is 4.79 Å². The van der Waals surface area contributed by atoms with Crippen molar-refractivity contribution in [2.75, 3.05) is 0 Å². The summed E-state index contributed by atoms with van der Waals surface area (Å²) in [7, 11) is 0. The first-order valence-electron chi connectivity index (χ1n) is 8.65. The molecule has 0 saturated heterocycles. The molecule has 26 heavy (non-hydrogen) atoms. The van der Waals surface area contributed by atoms with Crippen molar-refractivity contribution in [3.63, 3.8) is 0 Å². The van der Waals surface area contributed by atoms with Crippen LogP contribution < -0.4 is 5.32 Å². The smallest absolute Gasteiger partial charge is 0.220 e. The molecule has 1 amide bonds. The number of amides is 1. The molecule has 0 unspecified atom stereocenters. The Morgan fingerprint density at radius 3 is 2.50 bits per heavy atom. The predicted molar refractivity (Wildman–Crippen MR) is 105 cm³/mol. The second-order valence-corrected chi connectivity index (χ2v) is 6.78. The fourth-order valence-electron chi connectivity index (χ4n) is 2.88. The zero-order valence-electron chi connectivity index (χ0n) is 15.0. The van der Waals surface area contributed by atoms with Gasteiger partial charge in [-0.15, -0.1) is 0 Å². The third-order valence-corrected chi connectivity index (χ3v) is 4.63. The van der Waals surface area contributed by atoms with Crippen LogP contribution in [-0.4, -0.2) is 15.7 Å². The summed E-state index contributed by atoms with van der Waals surface area (Å²) in [6, 6.07) is 17.8. The molecule has 1 aromatic heterocycles. The van der Waals surface area contributed by atoms with Gasteiger partial charge in [-0.3, -0.25) is 4.79 Å². The van der Waals surface area contributed by atoms with Gasteiger partial charge in [0.2, 0.25) is 5.91 Å². The monoisotopic (exact) mass is 367 g/mol. The average molecular weight is 368 g/mol. The van der Waals surface area contributed by atoms with E-state index in [1.807, 2.05) is 67.1 Å². The number of aryl methyl sites for hydroxylation is 3. The van der Waals surface area contributed by atoms with Crippen LogP contribution >= 0.6 is 11.6 Å². The highest BCUT2D eigenvalue weighted by Gasteiger charge is 2.06. The van der Waals surface area contributed by atoms with E-state index >= 15 is 0 Å². The minimum Gasteiger partial charge on any atom is -0.352 e. The lowest BCUT2D eigenvalue weighted by Gasteiger charge is -2.08. The lowest BCUT2D eigenvalue weighted by Crippen LogP contribution is -2.23. The number of halogens is 1. The second kappa shape index (κ2) is 8.19. The number of carbonyl (C=O) groups is 1. The lowest BCUT2D eigenvalue weighted by molar-refractivity contribution is -0.121. The Morgan fingerprint density at radius 2 is 1.85 bits per heavy atom. The van der Waals surface area contributed by atoms with Crippen LogP contribution in [0.25, 0.3) is 5.69 Å². The third kappa shape index (κ3) is 4.52. The number of rotatable bonds is 6. The van der Waals surface area contributed by atoms with Crippen molar-refractivity contribution in [1.29, 1.82) is 0 Å². The highest BCUT2D eigenvalue weighted by atomic mass is 35.5. The molecule has 0 saturated carbocycles. The number of aromatic nitrogens is 2. The zero-order chi connectivity index (χ0) is 18.5. The van der Waals surface area contributed by atoms with E-state index in [-0.39, 0.29) is 5.91 Å². The molecular formula is C21H22ClN3O. The standard InChI is InChI=1S/C21H22ClN3O/c1-15-13-16(2)25(24-15)19-10-7-17(8-11-19)9-12-21(26)23-14-18-5-3-4-6-20(18)22/h3-8,10-11,13H,9,12,14H2,1-2H3,(H,23,26). The van der Waals surface area contributed by atoms with Crippen molar-refractivity contribution in [3.8, 4) is 5.69 Å². The van der Waals surface area contributed by atoms with E-state index in [1.54, 1.807) is 0 Å². The van der Waals surface area contributed by atoms with Crippen LogP contribution in [0.15, 0.2) is 54.6 Å². The zero-order valence-corrected chi connectivity index (χ0v) is 15.8. The third-order valence-electron chi connectivity index (χ3n) is 4.27. The van der Waals surface area contributed by atoms with Crippen LogP contribution in [0.1, 0.15) is 28.9 Å². The quantitative estimate of drug-likeness (QED) is 0.702. The van der Waals surface area contributed by atoms with E-state index in [1.165, 1.54) is 0 Å². The Kier molecular flexibility index (Phi) is 5.74. The maximum atomic E-state index is 12.1. The summed E-state index contributed by atoms with van der Waals surface area (Å²) in [6.45, 7) is 4.48. The average Bonchev–Trinajstić information content (AvgIpc) is 2.98. The molecule has 5 heteroatoms. The summed E-state index contributed by atoms with van der Waals surface area (Å²) in [4.78, 5) is 12.1. The van der Waals surface area contributed by atoms with Gasteiger partial charge in [0.25, 0.3) is 0 Å². The molecule has 2 aromatic carbocycles. The van der Waals surface area contributed by atoms with Crippen LogP contribution in [0, 0.1) is 13.8 Å². The van der Waals surface area contributed by atoms with Gasteiger partial charge < -0.3 is 5.32 Å². The summed E-state index contributed by atoms with van der Waals surface area (Å²) < 4.78 is 1.93. The van der Waals surface area contributed by atoms with Crippen LogP contribution in [0.4, 0.5) is 0 Å². The van der Waals surface area contributed by atoms with E-state index in [0.717, 1.165) is 28.2 Å². The van der Waals surface area contributed by atoms with Crippen LogP contribution in [0.3, 0.4) is 0 Å². The summed E-state index contributed by atoms with van der Waals surface area (Å²) in [6.07, 6.45) is 1.15. The molecule has 0 atom stereocenters. The van der Waals surface area contributed by atoms with Gasteiger partial charge in [-0.2, -0.15) is 5.10 Å². The van der Waals surface area contributed by atoms with Crippen LogP contribution in [0.2, 0.25) is 5.02 Å². The molecule has 3 aromatic rings. The largest absolute Gasteiger partial charge is 0.352 e. The minimum absolute atomic E-state index is 0.0209. The topological polar surface area (TPSA) is 46.9 Å².